The summed E-state index contributed by atoms with van der Waals surface area (Å²) in [6.45, 7) is 2.76. The van der Waals surface area contributed by atoms with Crippen LogP contribution in [-0.4, -0.2) is 28.0 Å². The number of thiophene rings is 1. The molecule has 0 unspecified atom stereocenters. The minimum Gasteiger partial charge on any atom is -0.465 e. The number of nitrogens with one attached hydrogen (secondary N) is 2. The van der Waals surface area contributed by atoms with Gasteiger partial charge < -0.3 is 15.4 Å². The third-order valence-corrected chi connectivity index (χ3v) is 7.05. The molecule has 0 atom stereocenters. The number of ether oxygens (including phenoxy) is 1. The maximum atomic E-state index is 12.6. The molecule has 3 aromatic rings. The normalized spacial score (nSPS) is 13.6. The van der Waals surface area contributed by atoms with E-state index in [1.807, 2.05) is 16.9 Å². The van der Waals surface area contributed by atoms with Crippen LogP contribution < -0.4 is 10.6 Å². The van der Waals surface area contributed by atoms with Crippen LogP contribution in [0.4, 0.5) is 10.8 Å². The van der Waals surface area contributed by atoms with Gasteiger partial charge in [0.15, 0.2) is 10.9 Å². The Hall–Kier alpha value is -2.71. The molecule has 1 aliphatic carbocycles. The molecule has 0 saturated heterocycles. The second-order valence-corrected chi connectivity index (χ2v) is 9.59. The van der Waals surface area contributed by atoms with Gasteiger partial charge in [-0.05, 0) is 56.0 Å². The molecule has 0 amide bonds. The molecule has 0 saturated carbocycles. The summed E-state index contributed by atoms with van der Waals surface area (Å²) in [4.78, 5) is 13.8. The predicted molar refractivity (Wildman–Crippen MR) is 134 cm³/mol. The van der Waals surface area contributed by atoms with Gasteiger partial charge >= 0.3 is 5.97 Å². The molecule has 2 aromatic heterocycles. The average Bonchev–Trinajstić information content (AvgIpc) is 3.33. The molecule has 8 heteroatoms. The first-order valence-corrected chi connectivity index (χ1v) is 12.2. The van der Waals surface area contributed by atoms with E-state index in [0.29, 0.717) is 23.0 Å². The topological polar surface area (TPSA) is 68.2 Å². The first-order valence-electron chi connectivity index (χ1n) is 10.9. The van der Waals surface area contributed by atoms with Gasteiger partial charge in [0.2, 0.25) is 0 Å². The zero-order valence-electron chi connectivity index (χ0n) is 18.4. The Morgan fingerprint density at radius 3 is 2.62 bits per heavy atom. The van der Waals surface area contributed by atoms with E-state index in [9.17, 15) is 4.79 Å². The molecular formula is C24H28N4O2S2. The summed E-state index contributed by atoms with van der Waals surface area (Å²) in [6, 6.07) is 10.3. The fourth-order valence-corrected chi connectivity index (χ4v) is 5.53. The third-order valence-electron chi connectivity index (χ3n) is 5.64. The van der Waals surface area contributed by atoms with E-state index in [0.717, 1.165) is 36.2 Å². The Balaban J connectivity index is 1.46. The molecule has 0 radical (unpaired) electrons. The summed E-state index contributed by atoms with van der Waals surface area (Å²) in [5.74, 6) is 0.347. The fraction of sp³-hybridized carbons (Fsp3) is 0.375. The first-order chi connectivity index (χ1) is 15.5. The lowest BCUT2D eigenvalue weighted by atomic mass is 9.96. The van der Waals surface area contributed by atoms with Gasteiger partial charge in [-0.2, -0.15) is 5.10 Å². The van der Waals surface area contributed by atoms with Crippen LogP contribution in [0.2, 0.25) is 0 Å². The van der Waals surface area contributed by atoms with E-state index in [1.165, 1.54) is 36.0 Å². The maximum Gasteiger partial charge on any atom is 0.341 e. The number of carbonyl (C=O) groups excluding carboxylic acids is 1. The highest BCUT2D eigenvalue weighted by molar-refractivity contribution is 7.80. The van der Waals surface area contributed by atoms with Gasteiger partial charge in [0.05, 0.1) is 19.2 Å². The van der Waals surface area contributed by atoms with Crippen LogP contribution in [0.3, 0.4) is 0 Å². The van der Waals surface area contributed by atoms with Crippen LogP contribution in [0.15, 0.2) is 36.5 Å². The number of anilines is 2. The van der Waals surface area contributed by atoms with Crippen molar-refractivity contribution < 1.29 is 9.53 Å². The second kappa shape index (κ2) is 10.3. The molecule has 1 aromatic carbocycles. The predicted octanol–water partition coefficient (Wildman–Crippen LogP) is 5.56. The summed E-state index contributed by atoms with van der Waals surface area (Å²) in [5.41, 5.74) is 4.17. The standard InChI is InChI=1S/C24H28N4O2S2/c1-16-9-11-17(12-10-16)15-28-14-13-20(27-28)25-24(31)26-22-21(23(29)30-2)18-7-5-3-4-6-8-19(18)32-22/h9-14H,3-8,15H2,1-2H3,(H2,25,26,27,31). The molecule has 6 nitrogen and oxygen atoms in total. The zero-order valence-corrected chi connectivity index (χ0v) is 20.1. The maximum absolute atomic E-state index is 12.6. The summed E-state index contributed by atoms with van der Waals surface area (Å²) in [6.07, 6.45) is 8.49. The molecule has 4 rings (SSSR count). The van der Waals surface area contributed by atoms with Crippen LogP contribution in [0, 0.1) is 6.92 Å². The number of rotatable bonds is 5. The van der Waals surface area contributed by atoms with Crippen LogP contribution in [-0.2, 0) is 24.1 Å². The SMILES string of the molecule is COC(=O)c1c(NC(=S)Nc2ccn(Cc3ccc(C)cc3)n2)sc2c1CCCCCC2. The number of fused-ring (bicyclic) bond motifs is 1. The van der Waals surface area contributed by atoms with Gasteiger partial charge in [0.25, 0.3) is 0 Å². The van der Waals surface area contributed by atoms with E-state index in [1.54, 1.807) is 11.3 Å². The number of nitrogens with zero attached hydrogens (tertiary/aromatic N) is 2. The quantitative estimate of drug-likeness (QED) is 0.378. The van der Waals surface area contributed by atoms with Crippen molar-refractivity contribution in [3.05, 3.63) is 63.7 Å². The lowest BCUT2D eigenvalue weighted by Crippen LogP contribution is -2.20. The third kappa shape index (κ3) is 5.37. The van der Waals surface area contributed by atoms with Gasteiger partial charge in [-0.3, -0.25) is 4.68 Å². The number of carbonyl (C=O) groups is 1. The van der Waals surface area contributed by atoms with Crippen LogP contribution in [0.5, 0.6) is 0 Å². The highest BCUT2D eigenvalue weighted by Crippen LogP contribution is 2.37. The molecule has 2 heterocycles. The lowest BCUT2D eigenvalue weighted by molar-refractivity contribution is 0.0601. The second-order valence-electron chi connectivity index (χ2n) is 8.08. The van der Waals surface area contributed by atoms with Crippen LogP contribution >= 0.6 is 23.6 Å². The van der Waals surface area contributed by atoms with Crippen molar-refractivity contribution in [1.82, 2.24) is 9.78 Å². The van der Waals surface area contributed by atoms with Gasteiger partial charge in [-0.25, -0.2) is 4.79 Å². The summed E-state index contributed by atoms with van der Waals surface area (Å²) in [5, 5.41) is 12.1. The largest absolute Gasteiger partial charge is 0.465 e. The Morgan fingerprint density at radius 1 is 1.12 bits per heavy atom. The number of methoxy groups -OCH3 is 1. The number of benzene rings is 1. The molecule has 0 bridgehead atoms. The van der Waals surface area contributed by atoms with Gasteiger partial charge in [-0.1, -0.05) is 42.7 Å². The Bertz CT molecular complexity index is 1100. The first kappa shape index (κ1) is 22.5. The highest BCUT2D eigenvalue weighted by Gasteiger charge is 2.25. The molecule has 1 aliphatic rings. The van der Waals surface area contributed by atoms with Crippen molar-refractivity contribution in [2.24, 2.45) is 0 Å². The van der Waals surface area contributed by atoms with Crippen molar-refractivity contribution >= 4 is 45.5 Å². The van der Waals surface area contributed by atoms with Gasteiger partial charge in [0.1, 0.15) is 5.00 Å². The van der Waals surface area contributed by atoms with E-state index >= 15 is 0 Å². The fourth-order valence-electron chi connectivity index (χ4n) is 3.97. The Morgan fingerprint density at radius 2 is 1.88 bits per heavy atom. The molecule has 0 fully saturated rings. The zero-order chi connectivity index (χ0) is 22.5. The molecular weight excluding hydrogens is 440 g/mol. The van der Waals surface area contributed by atoms with E-state index < -0.39 is 0 Å². The van der Waals surface area contributed by atoms with Crippen LogP contribution in [0.1, 0.15) is 57.6 Å². The van der Waals surface area contributed by atoms with Crippen molar-refractivity contribution in [3.63, 3.8) is 0 Å². The number of thiocarbonyl (C=S) groups is 1. The number of hydrogen-bond donors (Lipinski definition) is 2. The van der Waals surface area contributed by atoms with Crippen molar-refractivity contribution in [1.29, 1.82) is 0 Å². The van der Waals surface area contributed by atoms with Gasteiger partial charge in [-0.15, -0.1) is 11.3 Å². The summed E-state index contributed by atoms with van der Waals surface area (Å²) >= 11 is 7.14. The van der Waals surface area contributed by atoms with E-state index in [2.05, 4.69) is 46.9 Å². The monoisotopic (exact) mass is 468 g/mol. The lowest BCUT2D eigenvalue weighted by Gasteiger charge is -2.11. The number of hydrogen-bond acceptors (Lipinski definition) is 5. The van der Waals surface area contributed by atoms with Crippen molar-refractivity contribution in [3.8, 4) is 0 Å². The molecule has 168 valence electrons. The minimum atomic E-state index is -0.309. The molecule has 0 spiro atoms. The van der Waals surface area contributed by atoms with E-state index in [-0.39, 0.29) is 5.97 Å². The molecule has 2 N–H and O–H groups in total. The van der Waals surface area contributed by atoms with E-state index in [4.69, 9.17) is 17.0 Å². The Labute approximate surface area is 198 Å². The number of aromatic nitrogens is 2. The minimum absolute atomic E-state index is 0.309. The average molecular weight is 469 g/mol. The van der Waals surface area contributed by atoms with Crippen molar-refractivity contribution in [2.45, 2.75) is 52.0 Å². The summed E-state index contributed by atoms with van der Waals surface area (Å²) in [7, 11) is 1.43. The summed E-state index contributed by atoms with van der Waals surface area (Å²) < 4.78 is 6.96. The Kier molecular flexibility index (Phi) is 7.22. The van der Waals surface area contributed by atoms with Crippen LogP contribution in [0.25, 0.3) is 0 Å². The number of esters is 1. The van der Waals surface area contributed by atoms with Gasteiger partial charge in [0, 0.05) is 17.1 Å². The number of aryl methyl sites for hydroxylation is 2. The smallest absolute Gasteiger partial charge is 0.341 e. The molecule has 32 heavy (non-hydrogen) atoms. The van der Waals surface area contributed by atoms with Crippen molar-refractivity contribution in [2.75, 3.05) is 17.7 Å². The highest BCUT2D eigenvalue weighted by atomic mass is 32.1. The molecule has 0 aliphatic heterocycles.